The molecule has 1 heterocycles. The van der Waals surface area contributed by atoms with Crippen LogP contribution >= 0.6 is 0 Å². The first-order valence-corrected chi connectivity index (χ1v) is 7.19. The van der Waals surface area contributed by atoms with Crippen molar-refractivity contribution in [2.24, 2.45) is 0 Å². The van der Waals surface area contributed by atoms with E-state index in [-0.39, 0.29) is 12.0 Å². The van der Waals surface area contributed by atoms with Gasteiger partial charge < -0.3 is 9.84 Å². The summed E-state index contributed by atoms with van der Waals surface area (Å²) in [6.07, 6.45) is 4.45. The molecule has 1 atom stereocenters. The highest BCUT2D eigenvalue weighted by molar-refractivity contribution is 5.75. The van der Waals surface area contributed by atoms with E-state index in [1.54, 1.807) is 0 Å². The highest BCUT2D eigenvalue weighted by atomic mass is 16.5. The van der Waals surface area contributed by atoms with E-state index in [2.05, 4.69) is 4.90 Å². The lowest BCUT2D eigenvalue weighted by Crippen LogP contribution is -2.52. The molecule has 4 heteroatoms. The van der Waals surface area contributed by atoms with Crippen molar-refractivity contribution in [1.82, 2.24) is 4.90 Å². The smallest absolute Gasteiger partial charge is 0.323 e. The number of esters is 1. The van der Waals surface area contributed by atoms with Crippen molar-refractivity contribution in [2.75, 3.05) is 19.7 Å². The number of carbonyl (C=O) groups excluding carboxylic acids is 1. The normalized spacial score (nSPS) is 21.9. The maximum Gasteiger partial charge on any atom is 0.323 e. The van der Waals surface area contributed by atoms with Gasteiger partial charge in [0, 0.05) is 6.54 Å². The standard InChI is InChI=1S/C14H27NO3/c1-4-14(17,5-2)11-15-10-8-7-9-12(15)13(16)18-6-3/h12,17H,4-11H2,1-3H3. The Hall–Kier alpha value is -0.610. The van der Waals surface area contributed by atoms with Gasteiger partial charge in [0.15, 0.2) is 0 Å². The molecule has 0 radical (unpaired) electrons. The maximum absolute atomic E-state index is 11.9. The van der Waals surface area contributed by atoms with E-state index in [1.165, 1.54) is 0 Å². The molecule has 106 valence electrons. The first kappa shape index (κ1) is 15.4. The lowest BCUT2D eigenvalue weighted by atomic mass is 9.93. The van der Waals surface area contributed by atoms with Gasteiger partial charge in [-0.3, -0.25) is 9.69 Å². The minimum atomic E-state index is -0.678. The van der Waals surface area contributed by atoms with Crippen LogP contribution in [0.1, 0.15) is 52.9 Å². The van der Waals surface area contributed by atoms with E-state index in [0.717, 1.165) is 38.6 Å². The van der Waals surface area contributed by atoms with Gasteiger partial charge in [-0.05, 0) is 39.2 Å². The number of rotatable bonds is 6. The van der Waals surface area contributed by atoms with E-state index in [9.17, 15) is 9.90 Å². The molecule has 4 nitrogen and oxygen atoms in total. The van der Waals surface area contributed by atoms with Gasteiger partial charge in [0.1, 0.15) is 6.04 Å². The molecule has 1 fully saturated rings. The molecule has 1 unspecified atom stereocenters. The Morgan fingerprint density at radius 1 is 1.33 bits per heavy atom. The number of aliphatic hydroxyl groups is 1. The number of piperidine rings is 1. The Kier molecular flexibility index (Phi) is 6.09. The lowest BCUT2D eigenvalue weighted by Gasteiger charge is -2.39. The Bertz CT molecular complexity index is 264. The van der Waals surface area contributed by atoms with Crippen LogP contribution in [-0.2, 0) is 9.53 Å². The summed E-state index contributed by atoms with van der Waals surface area (Å²) in [7, 11) is 0. The minimum absolute atomic E-state index is 0.133. The van der Waals surface area contributed by atoms with Crippen LogP contribution in [0.15, 0.2) is 0 Å². The molecule has 1 aliphatic rings. The predicted octanol–water partition coefficient (Wildman–Crippen LogP) is 1.96. The zero-order valence-corrected chi connectivity index (χ0v) is 11.9. The van der Waals surface area contributed by atoms with Crippen LogP contribution < -0.4 is 0 Å². The quantitative estimate of drug-likeness (QED) is 0.739. The van der Waals surface area contributed by atoms with Gasteiger partial charge in [0.2, 0.25) is 0 Å². The third-order valence-corrected chi connectivity index (χ3v) is 3.99. The average Bonchev–Trinajstić information content (AvgIpc) is 2.39. The van der Waals surface area contributed by atoms with Gasteiger partial charge >= 0.3 is 5.97 Å². The first-order chi connectivity index (χ1) is 8.56. The molecule has 18 heavy (non-hydrogen) atoms. The second kappa shape index (κ2) is 7.10. The monoisotopic (exact) mass is 257 g/mol. The van der Waals surface area contributed by atoms with Crippen LogP contribution in [0.25, 0.3) is 0 Å². The molecule has 0 aromatic heterocycles. The number of ether oxygens (including phenoxy) is 1. The van der Waals surface area contributed by atoms with Gasteiger partial charge in [-0.2, -0.15) is 0 Å². The van der Waals surface area contributed by atoms with Crippen molar-refractivity contribution in [3.05, 3.63) is 0 Å². The summed E-state index contributed by atoms with van der Waals surface area (Å²) in [6.45, 7) is 7.70. The average molecular weight is 257 g/mol. The summed E-state index contributed by atoms with van der Waals surface area (Å²) in [5, 5.41) is 10.4. The molecule has 1 aliphatic heterocycles. The third-order valence-electron chi connectivity index (χ3n) is 3.99. The molecule has 0 saturated carbocycles. The molecule has 0 spiro atoms. The van der Waals surface area contributed by atoms with E-state index in [0.29, 0.717) is 13.2 Å². The van der Waals surface area contributed by atoms with Crippen molar-refractivity contribution in [2.45, 2.75) is 64.5 Å². The van der Waals surface area contributed by atoms with Crippen LogP contribution in [0.2, 0.25) is 0 Å². The van der Waals surface area contributed by atoms with Crippen LogP contribution in [0.4, 0.5) is 0 Å². The zero-order chi connectivity index (χ0) is 13.6. The first-order valence-electron chi connectivity index (χ1n) is 7.19. The molecular weight excluding hydrogens is 230 g/mol. The van der Waals surface area contributed by atoms with Gasteiger partial charge in [-0.1, -0.05) is 20.3 Å². The highest BCUT2D eigenvalue weighted by Crippen LogP contribution is 2.24. The number of hydrogen-bond donors (Lipinski definition) is 1. The Balaban J connectivity index is 2.67. The van der Waals surface area contributed by atoms with E-state index in [1.807, 2.05) is 20.8 Å². The van der Waals surface area contributed by atoms with Crippen LogP contribution in [0, 0.1) is 0 Å². The predicted molar refractivity (Wildman–Crippen MR) is 71.4 cm³/mol. The second-order valence-electron chi connectivity index (χ2n) is 5.17. The summed E-state index contributed by atoms with van der Waals surface area (Å²) in [5.41, 5.74) is -0.678. The van der Waals surface area contributed by atoms with Gasteiger partial charge in [-0.25, -0.2) is 0 Å². The Morgan fingerprint density at radius 2 is 2.00 bits per heavy atom. The van der Waals surface area contributed by atoms with Crippen molar-refractivity contribution in [3.63, 3.8) is 0 Å². The summed E-state index contributed by atoms with van der Waals surface area (Å²) < 4.78 is 5.13. The maximum atomic E-state index is 11.9. The molecule has 0 aromatic carbocycles. The van der Waals surface area contributed by atoms with E-state index < -0.39 is 5.60 Å². The lowest BCUT2D eigenvalue weighted by molar-refractivity contribution is -0.152. The molecule has 0 bridgehead atoms. The number of β-amino-alcohol motifs (C(OH)–C–C–N with tert-alkyl or cyclic N) is 1. The van der Waals surface area contributed by atoms with Crippen LogP contribution in [-0.4, -0.2) is 47.3 Å². The van der Waals surface area contributed by atoms with Crippen LogP contribution in [0.3, 0.4) is 0 Å². The fourth-order valence-electron chi connectivity index (χ4n) is 2.54. The van der Waals surface area contributed by atoms with Crippen molar-refractivity contribution < 1.29 is 14.6 Å². The number of carbonyl (C=O) groups is 1. The zero-order valence-electron chi connectivity index (χ0n) is 11.9. The largest absolute Gasteiger partial charge is 0.465 e. The summed E-state index contributed by atoms with van der Waals surface area (Å²) in [6, 6.07) is -0.164. The van der Waals surface area contributed by atoms with Crippen molar-refractivity contribution >= 4 is 5.97 Å². The fraction of sp³-hybridized carbons (Fsp3) is 0.929. The molecular formula is C14H27NO3. The molecule has 0 aromatic rings. The van der Waals surface area contributed by atoms with Gasteiger partial charge in [0.05, 0.1) is 12.2 Å². The van der Waals surface area contributed by atoms with E-state index >= 15 is 0 Å². The summed E-state index contributed by atoms with van der Waals surface area (Å²) >= 11 is 0. The molecule has 0 aliphatic carbocycles. The third kappa shape index (κ3) is 3.95. The molecule has 0 amide bonds. The Morgan fingerprint density at radius 3 is 2.56 bits per heavy atom. The number of likely N-dealkylation sites (tertiary alicyclic amines) is 1. The fourth-order valence-corrected chi connectivity index (χ4v) is 2.54. The van der Waals surface area contributed by atoms with Crippen LogP contribution in [0.5, 0.6) is 0 Å². The molecule has 1 N–H and O–H groups in total. The second-order valence-corrected chi connectivity index (χ2v) is 5.17. The Labute approximate surface area is 110 Å². The highest BCUT2D eigenvalue weighted by Gasteiger charge is 2.34. The SMILES string of the molecule is CCOC(=O)C1CCCCN1CC(O)(CC)CC. The molecule has 1 rings (SSSR count). The van der Waals surface area contributed by atoms with Crippen molar-refractivity contribution in [1.29, 1.82) is 0 Å². The number of hydrogen-bond acceptors (Lipinski definition) is 4. The van der Waals surface area contributed by atoms with E-state index in [4.69, 9.17) is 4.74 Å². The molecule has 1 saturated heterocycles. The topological polar surface area (TPSA) is 49.8 Å². The number of nitrogens with zero attached hydrogens (tertiary/aromatic N) is 1. The summed E-state index contributed by atoms with van der Waals surface area (Å²) in [4.78, 5) is 14.0. The van der Waals surface area contributed by atoms with Crippen molar-refractivity contribution in [3.8, 4) is 0 Å². The van der Waals surface area contributed by atoms with Gasteiger partial charge in [0.25, 0.3) is 0 Å². The summed E-state index contributed by atoms with van der Waals surface area (Å²) in [5.74, 6) is -0.133. The minimum Gasteiger partial charge on any atom is -0.465 e. The van der Waals surface area contributed by atoms with Gasteiger partial charge in [-0.15, -0.1) is 0 Å².